The lowest BCUT2D eigenvalue weighted by molar-refractivity contribution is -0.148. The van der Waals surface area contributed by atoms with Crippen LogP contribution in [-0.2, 0) is 19.1 Å². The standard InChI is InChI=1S/C22H25NO6/c1-5-23-18(13(4)21(25)27-6-2)15(22(26)28-7-3)12-16-19(24)14-10-8-9-11-17(14)29-20(16)23/h8-13,18H,5-7H2,1-4H3. The van der Waals surface area contributed by atoms with Crippen LogP contribution in [0.2, 0.25) is 0 Å². The Labute approximate surface area is 168 Å². The second kappa shape index (κ2) is 8.51. The Morgan fingerprint density at radius 1 is 1.14 bits per heavy atom. The average Bonchev–Trinajstić information content (AvgIpc) is 2.72. The van der Waals surface area contributed by atoms with E-state index in [2.05, 4.69) is 0 Å². The Morgan fingerprint density at radius 3 is 2.48 bits per heavy atom. The van der Waals surface area contributed by atoms with Crippen LogP contribution in [0.15, 0.2) is 39.1 Å². The van der Waals surface area contributed by atoms with Crippen LogP contribution >= 0.6 is 0 Å². The van der Waals surface area contributed by atoms with Gasteiger partial charge >= 0.3 is 11.9 Å². The molecular weight excluding hydrogens is 374 g/mol. The van der Waals surface area contributed by atoms with Crippen molar-refractivity contribution in [2.24, 2.45) is 5.92 Å². The Hall–Kier alpha value is -3.09. The molecule has 1 aromatic carbocycles. The highest BCUT2D eigenvalue weighted by atomic mass is 16.5. The molecule has 0 radical (unpaired) electrons. The first-order valence-corrected chi connectivity index (χ1v) is 9.82. The molecule has 0 aliphatic carbocycles. The van der Waals surface area contributed by atoms with E-state index in [9.17, 15) is 14.4 Å². The van der Waals surface area contributed by atoms with Crippen LogP contribution in [0.3, 0.4) is 0 Å². The molecule has 2 aromatic rings. The molecule has 2 atom stereocenters. The third-order valence-electron chi connectivity index (χ3n) is 5.01. The lowest BCUT2D eigenvalue weighted by atomic mass is 9.88. The van der Waals surface area contributed by atoms with Gasteiger partial charge in [0.05, 0.1) is 41.7 Å². The Bertz CT molecular complexity index is 1020. The number of para-hydroxylation sites is 1. The normalized spacial score (nSPS) is 16.8. The number of carbonyl (C=O) groups excluding carboxylic acids is 2. The molecule has 1 aliphatic rings. The summed E-state index contributed by atoms with van der Waals surface area (Å²) in [5.74, 6) is -1.33. The Morgan fingerprint density at radius 2 is 1.83 bits per heavy atom. The number of anilines is 1. The van der Waals surface area contributed by atoms with E-state index in [1.807, 2.05) is 6.92 Å². The molecule has 154 valence electrons. The van der Waals surface area contributed by atoms with E-state index in [0.717, 1.165) is 0 Å². The third-order valence-corrected chi connectivity index (χ3v) is 5.01. The Kier molecular flexibility index (Phi) is 6.06. The number of esters is 2. The molecule has 0 saturated heterocycles. The average molecular weight is 399 g/mol. The molecule has 0 spiro atoms. The van der Waals surface area contributed by atoms with Crippen LogP contribution in [0.25, 0.3) is 17.0 Å². The molecule has 7 heteroatoms. The van der Waals surface area contributed by atoms with E-state index in [1.54, 1.807) is 49.9 Å². The maximum Gasteiger partial charge on any atom is 0.336 e. The van der Waals surface area contributed by atoms with E-state index in [1.165, 1.54) is 6.08 Å². The lowest BCUT2D eigenvalue weighted by Gasteiger charge is -2.38. The number of carbonyl (C=O) groups is 2. The minimum Gasteiger partial charge on any atom is -0.466 e. The number of hydrogen-bond donors (Lipinski definition) is 0. The maximum absolute atomic E-state index is 13.1. The molecule has 0 amide bonds. The van der Waals surface area contributed by atoms with Crippen LogP contribution in [0.5, 0.6) is 0 Å². The lowest BCUT2D eigenvalue weighted by Crippen LogP contribution is -2.48. The van der Waals surface area contributed by atoms with Gasteiger partial charge in [-0.15, -0.1) is 0 Å². The smallest absolute Gasteiger partial charge is 0.336 e. The number of fused-ring (bicyclic) bond motifs is 2. The second-order valence-corrected chi connectivity index (χ2v) is 6.74. The fourth-order valence-electron chi connectivity index (χ4n) is 3.70. The highest BCUT2D eigenvalue weighted by molar-refractivity contribution is 6.00. The van der Waals surface area contributed by atoms with Crippen molar-refractivity contribution in [3.63, 3.8) is 0 Å². The van der Waals surface area contributed by atoms with Gasteiger partial charge in [-0.05, 0) is 45.9 Å². The number of rotatable bonds is 6. The summed E-state index contributed by atoms with van der Waals surface area (Å²) in [5, 5.41) is 0.429. The first kappa shape index (κ1) is 20.6. The molecule has 2 heterocycles. The first-order valence-electron chi connectivity index (χ1n) is 9.82. The first-order chi connectivity index (χ1) is 13.9. The molecular formula is C22H25NO6. The van der Waals surface area contributed by atoms with E-state index < -0.39 is 23.9 Å². The molecule has 7 nitrogen and oxygen atoms in total. The third kappa shape index (κ3) is 3.64. The number of likely N-dealkylation sites (N-methyl/N-ethyl adjacent to an activating group) is 1. The van der Waals surface area contributed by atoms with Gasteiger partial charge < -0.3 is 18.8 Å². The van der Waals surface area contributed by atoms with Gasteiger partial charge in [0.2, 0.25) is 11.3 Å². The van der Waals surface area contributed by atoms with Crippen molar-refractivity contribution in [2.45, 2.75) is 33.7 Å². The Balaban J connectivity index is 2.25. The van der Waals surface area contributed by atoms with Crippen molar-refractivity contribution in [1.29, 1.82) is 0 Å². The molecule has 2 unspecified atom stereocenters. The van der Waals surface area contributed by atoms with Gasteiger partial charge in [-0.25, -0.2) is 4.79 Å². The van der Waals surface area contributed by atoms with E-state index >= 15 is 0 Å². The van der Waals surface area contributed by atoms with E-state index in [-0.39, 0.29) is 29.8 Å². The maximum atomic E-state index is 13.1. The summed E-state index contributed by atoms with van der Waals surface area (Å²) in [6, 6.07) is 6.28. The predicted molar refractivity (Wildman–Crippen MR) is 110 cm³/mol. The zero-order valence-corrected chi connectivity index (χ0v) is 17.1. The molecule has 0 N–H and O–H groups in total. The van der Waals surface area contributed by atoms with Crippen LogP contribution in [0.1, 0.15) is 33.3 Å². The van der Waals surface area contributed by atoms with Crippen LogP contribution in [0, 0.1) is 5.92 Å². The van der Waals surface area contributed by atoms with Gasteiger partial charge in [-0.1, -0.05) is 12.1 Å². The molecule has 0 saturated carbocycles. The van der Waals surface area contributed by atoms with Gasteiger partial charge in [0.1, 0.15) is 5.58 Å². The van der Waals surface area contributed by atoms with Gasteiger partial charge in [-0.3, -0.25) is 9.59 Å². The van der Waals surface area contributed by atoms with Crippen LogP contribution in [-0.4, -0.2) is 37.7 Å². The summed E-state index contributed by atoms with van der Waals surface area (Å²) in [4.78, 5) is 40.1. The van der Waals surface area contributed by atoms with Crippen LogP contribution in [0.4, 0.5) is 5.88 Å². The summed E-state index contributed by atoms with van der Waals surface area (Å²) in [7, 11) is 0. The predicted octanol–water partition coefficient (Wildman–Crippen LogP) is 3.15. The molecule has 0 bridgehead atoms. The zero-order chi connectivity index (χ0) is 21.1. The molecule has 0 fully saturated rings. The molecule has 29 heavy (non-hydrogen) atoms. The van der Waals surface area contributed by atoms with E-state index in [4.69, 9.17) is 13.9 Å². The van der Waals surface area contributed by atoms with Gasteiger partial charge in [-0.2, -0.15) is 0 Å². The van der Waals surface area contributed by atoms with Gasteiger partial charge in [0, 0.05) is 6.54 Å². The minimum absolute atomic E-state index is 0.183. The minimum atomic E-state index is -0.671. The van der Waals surface area contributed by atoms with Crippen molar-refractivity contribution in [2.75, 3.05) is 24.7 Å². The highest BCUT2D eigenvalue weighted by Crippen LogP contribution is 2.36. The fraction of sp³-hybridized carbons (Fsp3) is 0.409. The summed E-state index contributed by atoms with van der Waals surface area (Å²) in [5.41, 5.74) is 0.736. The fourth-order valence-corrected chi connectivity index (χ4v) is 3.70. The van der Waals surface area contributed by atoms with Crippen molar-refractivity contribution in [3.05, 3.63) is 45.6 Å². The van der Waals surface area contributed by atoms with Gasteiger partial charge in [0.15, 0.2) is 0 Å². The number of nitrogens with zero attached hydrogens (tertiary/aromatic N) is 1. The van der Waals surface area contributed by atoms with Gasteiger partial charge in [0.25, 0.3) is 0 Å². The highest BCUT2D eigenvalue weighted by Gasteiger charge is 2.41. The van der Waals surface area contributed by atoms with Crippen molar-refractivity contribution in [1.82, 2.24) is 0 Å². The quantitative estimate of drug-likeness (QED) is 0.690. The number of benzene rings is 1. The topological polar surface area (TPSA) is 86.0 Å². The second-order valence-electron chi connectivity index (χ2n) is 6.74. The monoisotopic (exact) mass is 399 g/mol. The number of ether oxygens (including phenoxy) is 2. The molecule has 3 rings (SSSR count). The summed E-state index contributed by atoms with van der Waals surface area (Å²) in [6.45, 7) is 7.84. The SMILES string of the molecule is CCOC(=O)C1=Cc2c(oc3ccccc3c2=O)N(CC)C1C(C)C(=O)OCC. The summed E-state index contributed by atoms with van der Waals surface area (Å²) in [6.07, 6.45) is 1.50. The zero-order valence-electron chi connectivity index (χ0n) is 17.1. The van der Waals surface area contributed by atoms with Crippen molar-refractivity contribution < 1.29 is 23.5 Å². The van der Waals surface area contributed by atoms with Crippen molar-refractivity contribution >= 4 is 34.9 Å². The van der Waals surface area contributed by atoms with E-state index in [0.29, 0.717) is 23.4 Å². The van der Waals surface area contributed by atoms with Crippen LogP contribution < -0.4 is 10.3 Å². The number of hydrogen-bond acceptors (Lipinski definition) is 7. The molecule has 1 aromatic heterocycles. The summed E-state index contributed by atoms with van der Waals surface area (Å²) < 4.78 is 16.5. The van der Waals surface area contributed by atoms with Crippen molar-refractivity contribution in [3.8, 4) is 0 Å². The summed E-state index contributed by atoms with van der Waals surface area (Å²) >= 11 is 0. The molecule has 1 aliphatic heterocycles. The largest absolute Gasteiger partial charge is 0.466 e.